The van der Waals surface area contributed by atoms with Crippen molar-refractivity contribution in [2.24, 2.45) is 4.99 Å². The number of benzene rings is 1. The minimum Gasteiger partial charge on any atom is -0.496 e. The van der Waals surface area contributed by atoms with E-state index in [1.165, 1.54) is 10.6 Å². The van der Waals surface area contributed by atoms with Crippen LogP contribution in [0.25, 0.3) is 0 Å². The number of guanidine groups is 1. The average Bonchev–Trinajstić information content (AvgIpc) is 3.24. The van der Waals surface area contributed by atoms with Gasteiger partial charge >= 0.3 is 0 Å². The van der Waals surface area contributed by atoms with Crippen LogP contribution in [0.1, 0.15) is 25.3 Å². The van der Waals surface area contributed by atoms with E-state index in [4.69, 9.17) is 9.73 Å². The van der Waals surface area contributed by atoms with Gasteiger partial charge in [0.25, 0.3) is 0 Å². The van der Waals surface area contributed by atoms with Gasteiger partial charge in [0, 0.05) is 32.2 Å². The molecule has 2 heterocycles. The fraction of sp³-hybridized carbons (Fsp3) is 0.476. The Labute approximate surface area is 166 Å². The van der Waals surface area contributed by atoms with Crippen LogP contribution in [0.3, 0.4) is 0 Å². The Morgan fingerprint density at radius 1 is 1.22 bits per heavy atom. The molecule has 6 heteroatoms. The van der Waals surface area contributed by atoms with Gasteiger partial charge < -0.3 is 20.3 Å². The minimum absolute atomic E-state index is 0.477. The number of rotatable bonds is 7. The lowest BCUT2D eigenvalue weighted by molar-refractivity contribution is 0.409. The van der Waals surface area contributed by atoms with E-state index in [9.17, 15) is 0 Å². The van der Waals surface area contributed by atoms with Gasteiger partial charge in [0.05, 0.1) is 12.1 Å². The number of thiophene rings is 1. The number of ether oxygens (including phenoxy) is 1. The monoisotopic (exact) mass is 386 g/mol. The molecule has 3 rings (SSSR count). The zero-order valence-corrected chi connectivity index (χ0v) is 17.1. The largest absolute Gasteiger partial charge is 0.496 e. The number of hydrogen-bond acceptors (Lipinski definition) is 4. The Morgan fingerprint density at radius 3 is 2.74 bits per heavy atom. The van der Waals surface area contributed by atoms with E-state index in [1.54, 1.807) is 7.11 Å². The maximum Gasteiger partial charge on any atom is 0.191 e. The summed E-state index contributed by atoms with van der Waals surface area (Å²) in [4.78, 5) is 7.26. The fourth-order valence-electron chi connectivity index (χ4n) is 3.41. The van der Waals surface area contributed by atoms with Gasteiger partial charge in [-0.1, -0.05) is 18.2 Å². The molecule has 2 aromatic rings. The molecule has 0 unspecified atom stereocenters. The molecule has 1 aliphatic heterocycles. The van der Waals surface area contributed by atoms with E-state index >= 15 is 0 Å². The van der Waals surface area contributed by atoms with Crippen molar-refractivity contribution in [1.82, 2.24) is 10.6 Å². The Balaban J connectivity index is 1.50. The topological polar surface area (TPSA) is 48.9 Å². The Morgan fingerprint density at radius 2 is 2.04 bits per heavy atom. The molecule has 0 bridgehead atoms. The first-order valence-electron chi connectivity index (χ1n) is 9.75. The van der Waals surface area contributed by atoms with Crippen molar-refractivity contribution in [2.75, 3.05) is 38.2 Å². The predicted octanol–water partition coefficient (Wildman–Crippen LogP) is 3.52. The Hall–Kier alpha value is -2.21. The van der Waals surface area contributed by atoms with Crippen molar-refractivity contribution in [1.29, 1.82) is 0 Å². The average molecular weight is 387 g/mol. The van der Waals surface area contributed by atoms with E-state index in [2.05, 4.69) is 46.0 Å². The highest BCUT2D eigenvalue weighted by Gasteiger charge is 2.20. The van der Waals surface area contributed by atoms with Crippen LogP contribution in [0.5, 0.6) is 5.75 Å². The Bertz CT molecular complexity index is 709. The summed E-state index contributed by atoms with van der Waals surface area (Å²) in [6.45, 7) is 5.91. The SMILES string of the molecule is CCNC(=NCCc1ccccc1OC)NC1CCN(c2cccs2)CC1. The number of nitrogens with zero attached hydrogens (tertiary/aromatic N) is 2. The molecule has 0 saturated carbocycles. The summed E-state index contributed by atoms with van der Waals surface area (Å²) in [5.74, 6) is 1.86. The standard InChI is InChI=1S/C21H30N4OS/c1-3-22-21(23-13-10-17-7-4-5-8-19(17)26-2)24-18-11-14-25(15-12-18)20-9-6-16-27-20/h4-9,16,18H,3,10-15H2,1-2H3,(H2,22,23,24). The van der Waals surface area contributed by atoms with Gasteiger partial charge in [-0.15, -0.1) is 11.3 Å². The van der Waals surface area contributed by atoms with E-state index in [1.807, 2.05) is 29.5 Å². The third-order valence-electron chi connectivity index (χ3n) is 4.84. The molecule has 0 radical (unpaired) electrons. The molecule has 0 amide bonds. The smallest absolute Gasteiger partial charge is 0.191 e. The molecular weight excluding hydrogens is 356 g/mol. The lowest BCUT2D eigenvalue weighted by Crippen LogP contribution is -2.48. The third kappa shape index (κ3) is 5.63. The van der Waals surface area contributed by atoms with Gasteiger partial charge in [0.1, 0.15) is 5.75 Å². The molecule has 1 saturated heterocycles. The fourth-order valence-corrected chi connectivity index (χ4v) is 4.19. The molecule has 27 heavy (non-hydrogen) atoms. The van der Waals surface area contributed by atoms with E-state index in [-0.39, 0.29) is 0 Å². The van der Waals surface area contributed by atoms with Crippen molar-refractivity contribution in [3.63, 3.8) is 0 Å². The summed E-state index contributed by atoms with van der Waals surface area (Å²) in [5.41, 5.74) is 1.20. The minimum atomic E-state index is 0.477. The van der Waals surface area contributed by atoms with Crippen molar-refractivity contribution in [3.05, 3.63) is 47.3 Å². The summed E-state index contributed by atoms with van der Waals surface area (Å²) in [7, 11) is 1.72. The number of anilines is 1. The zero-order valence-electron chi connectivity index (χ0n) is 16.3. The second-order valence-corrected chi connectivity index (χ2v) is 7.61. The van der Waals surface area contributed by atoms with Crippen LogP contribution in [0.4, 0.5) is 5.00 Å². The number of para-hydroxylation sites is 1. The van der Waals surface area contributed by atoms with Crippen molar-refractivity contribution >= 4 is 22.3 Å². The first kappa shape index (κ1) is 19.5. The van der Waals surface area contributed by atoms with Gasteiger partial charge in [-0.25, -0.2) is 0 Å². The number of hydrogen-bond donors (Lipinski definition) is 2. The van der Waals surface area contributed by atoms with Crippen LogP contribution in [-0.4, -0.2) is 45.3 Å². The molecule has 1 aromatic carbocycles. The predicted molar refractivity (Wildman–Crippen MR) is 115 cm³/mol. The molecule has 1 aromatic heterocycles. The molecule has 0 aliphatic carbocycles. The second kappa shape index (κ2) is 10.2. The summed E-state index contributed by atoms with van der Waals surface area (Å²) < 4.78 is 5.43. The van der Waals surface area contributed by atoms with E-state index in [0.717, 1.165) is 57.2 Å². The molecule has 2 N–H and O–H groups in total. The van der Waals surface area contributed by atoms with Crippen LogP contribution < -0.4 is 20.3 Å². The summed E-state index contributed by atoms with van der Waals surface area (Å²) in [6.07, 6.45) is 3.14. The number of nitrogens with one attached hydrogen (secondary N) is 2. The van der Waals surface area contributed by atoms with Crippen LogP contribution in [-0.2, 0) is 6.42 Å². The Kier molecular flexibility index (Phi) is 7.39. The quantitative estimate of drug-likeness (QED) is 0.565. The van der Waals surface area contributed by atoms with Gasteiger partial charge in [0.15, 0.2) is 5.96 Å². The van der Waals surface area contributed by atoms with Gasteiger partial charge in [0.2, 0.25) is 0 Å². The highest BCUT2D eigenvalue weighted by atomic mass is 32.1. The molecule has 1 fully saturated rings. The van der Waals surface area contributed by atoms with Crippen molar-refractivity contribution in [2.45, 2.75) is 32.2 Å². The molecule has 5 nitrogen and oxygen atoms in total. The van der Waals surface area contributed by atoms with Crippen LogP contribution in [0.2, 0.25) is 0 Å². The highest BCUT2D eigenvalue weighted by molar-refractivity contribution is 7.14. The van der Waals surface area contributed by atoms with Gasteiger partial charge in [-0.05, 0) is 55.3 Å². The van der Waals surface area contributed by atoms with Crippen LogP contribution >= 0.6 is 11.3 Å². The summed E-state index contributed by atoms with van der Waals surface area (Å²) >= 11 is 1.82. The third-order valence-corrected chi connectivity index (χ3v) is 5.77. The molecule has 0 atom stereocenters. The molecule has 146 valence electrons. The van der Waals surface area contributed by atoms with Crippen molar-refractivity contribution in [3.8, 4) is 5.75 Å². The molecular formula is C21H30N4OS. The van der Waals surface area contributed by atoms with Crippen LogP contribution in [0, 0.1) is 0 Å². The highest BCUT2D eigenvalue weighted by Crippen LogP contribution is 2.24. The van der Waals surface area contributed by atoms with Gasteiger partial charge in [-0.3, -0.25) is 4.99 Å². The normalized spacial score (nSPS) is 15.6. The molecule has 1 aliphatic rings. The van der Waals surface area contributed by atoms with E-state index < -0.39 is 0 Å². The number of piperidine rings is 1. The first-order chi connectivity index (χ1) is 13.3. The summed E-state index contributed by atoms with van der Waals surface area (Å²) in [5, 5.41) is 10.5. The van der Waals surface area contributed by atoms with Gasteiger partial charge in [-0.2, -0.15) is 0 Å². The maximum absolute atomic E-state index is 5.43. The number of aliphatic imine (C=N–C) groups is 1. The second-order valence-electron chi connectivity index (χ2n) is 6.68. The first-order valence-corrected chi connectivity index (χ1v) is 10.6. The van der Waals surface area contributed by atoms with Crippen molar-refractivity contribution < 1.29 is 4.74 Å². The lowest BCUT2D eigenvalue weighted by atomic mass is 10.1. The molecule has 0 spiro atoms. The lowest BCUT2D eigenvalue weighted by Gasteiger charge is -2.33. The zero-order chi connectivity index (χ0) is 18.9. The summed E-state index contributed by atoms with van der Waals surface area (Å²) in [6, 6.07) is 13.0. The maximum atomic E-state index is 5.43. The van der Waals surface area contributed by atoms with Crippen LogP contribution in [0.15, 0.2) is 46.8 Å². The number of methoxy groups -OCH3 is 1. The van der Waals surface area contributed by atoms with E-state index in [0.29, 0.717) is 6.04 Å².